The van der Waals surface area contributed by atoms with Crippen LogP contribution < -0.4 is 0 Å². The first-order valence-electron chi connectivity index (χ1n) is 4.20. The van der Waals surface area contributed by atoms with Gasteiger partial charge in [0.2, 0.25) is 0 Å². The molecular weight excluding hydrogens is 162 g/mol. The molecule has 66 valence electrons. The summed E-state index contributed by atoms with van der Waals surface area (Å²) >= 11 is 0. The number of hydrogen-bond donors (Lipinski definition) is 0. The highest BCUT2D eigenvalue weighted by Crippen LogP contribution is 2.08. The van der Waals surface area contributed by atoms with Crippen molar-refractivity contribution in [2.24, 2.45) is 0 Å². The molecule has 1 aromatic heterocycles. The number of aromatic nitrogens is 1. The molecule has 0 aromatic carbocycles. The number of carbonyl (C=O) groups excluding carboxylic acids is 1. The third-order valence-electron chi connectivity index (χ3n) is 1.80. The summed E-state index contributed by atoms with van der Waals surface area (Å²) in [5, 5.41) is 0. The minimum Gasteiger partial charge on any atom is -0.291 e. The maximum Gasteiger partial charge on any atom is 0.193 e. The molecule has 2 heteroatoms. The highest BCUT2D eigenvalue weighted by Gasteiger charge is 2.09. The van der Waals surface area contributed by atoms with Gasteiger partial charge in [0.25, 0.3) is 0 Å². The zero-order chi connectivity index (χ0) is 9.68. The van der Waals surface area contributed by atoms with Crippen LogP contribution in [0.5, 0.6) is 0 Å². The van der Waals surface area contributed by atoms with Crippen LogP contribution in [0.2, 0.25) is 0 Å². The third-order valence-corrected chi connectivity index (χ3v) is 1.80. The van der Waals surface area contributed by atoms with Gasteiger partial charge in [0.05, 0.1) is 6.42 Å². The SMILES string of the molecule is C#CCC(=O)c1ncccc1CC. The maximum atomic E-state index is 11.4. The first kappa shape index (κ1) is 9.47. The highest BCUT2D eigenvalue weighted by atomic mass is 16.1. The van der Waals surface area contributed by atoms with Crippen LogP contribution in [0.3, 0.4) is 0 Å². The second-order valence-electron chi connectivity index (χ2n) is 2.67. The van der Waals surface area contributed by atoms with Gasteiger partial charge in [-0.05, 0) is 18.1 Å². The average Bonchev–Trinajstić information content (AvgIpc) is 2.18. The van der Waals surface area contributed by atoms with E-state index in [0.29, 0.717) is 5.69 Å². The molecule has 2 nitrogen and oxygen atoms in total. The molecule has 1 aromatic rings. The van der Waals surface area contributed by atoms with Crippen LogP contribution in [-0.4, -0.2) is 10.8 Å². The van der Waals surface area contributed by atoms with Gasteiger partial charge in [-0.3, -0.25) is 9.78 Å². The van der Waals surface area contributed by atoms with Crippen molar-refractivity contribution in [3.8, 4) is 12.3 Å². The van der Waals surface area contributed by atoms with Gasteiger partial charge >= 0.3 is 0 Å². The zero-order valence-electron chi connectivity index (χ0n) is 7.58. The molecule has 0 saturated carbocycles. The van der Waals surface area contributed by atoms with Gasteiger partial charge in [-0.1, -0.05) is 18.9 Å². The lowest BCUT2D eigenvalue weighted by Gasteiger charge is -2.02. The fraction of sp³-hybridized carbons (Fsp3) is 0.273. The fourth-order valence-corrected chi connectivity index (χ4v) is 1.15. The number of ketones is 1. The van der Waals surface area contributed by atoms with Gasteiger partial charge in [-0.15, -0.1) is 6.42 Å². The topological polar surface area (TPSA) is 30.0 Å². The Morgan fingerprint density at radius 1 is 1.69 bits per heavy atom. The molecule has 0 fully saturated rings. The summed E-state index contributed by atoms with van der Waals surface area (Å²) in [5.41, 5.74) is 1.48. The van der Waals surface area contributed by atoms with E-state index in [-0.39, 0.29) is 12.2 Å². The van der Waals surface area contributed by atoms with Crippen molar-refractivity contribution in [1.82, 2.24) is 4.98 Å². The molecule has 1 heterocycles. The van der Waals surface area contributed by atoms with E-state index in [9.17, 15) is 4.79 Å². The average molecular weight is 173 g/mol. The van der Waals surface area contributed by atoms with E-state index in [4.69, 9.17) is 6.42 Å². The van der Waals surface area contributed by atoms with Crippen LogP contribution in [0, 0.1) is 12.3 Å². The van der Waals surface area contributed by atoms with Crippen molar-refractivity contribution >= 4 is 5.78 Å². The minimum atomic E-state index is -0.0695. The third kappa shape index (κ3) is 2.16. The van der Waals surface area contributed by atoms with Crippen molar-refractivity contribution in [1.29, 1.82) is 0 Å². The van der Waals surface area contributed by atoms with Crippen LogP contribution in [0.4, 0.5) is 0 Å². The maximum absolute atomic E-state index is 11.4. The largest absolute Gasteiger partial charge is 0.291 e. The number of Topliss-reactive ketones (excluding diaryl/α,β-unsaturated/α-hetero) is 1. The van der Waals surface area contributed by atoms with E-state index >= 15 is 0 Å². The number of hydrogen-bond acceptors (Lipinski definition) is 2. The summed E-state index contributed by atoms with van der Waals surface area (Å²) in [5.74, 6) is 2.26. The molecule has 0 atom stereocenters. The molecule has 0 aliphatic rings. The number of aryl methyl sites for hydroxylation is 1. The van der Waals surface area contributed by atoms with Gasteiger partial charge in [-0.25, -0.2) is 0 Å². The minimum absolute atomic E-state index is 0.0695. The lowest BCUT2D eigenvalue weighted by molar-refractivity contribution is 0.0992. The molecule has 0 saturated heterocycles. The Bertz CT molecular complexity index is 349. The van der Waals surface area contributed by atoms with E-state index in [1.54, 1.807) is 6.20 Å². The van der Waals surface area contributed by atoms with E-state index in [1.165, 1.54) is 0 Å². The number of nitrogens with zero attached hydrogens (tertiary/aromatic N) is 1. The van der Waals surface area contributed by atoms with Gasteiger partial charge in [0.15, 0.2) is 5.78 Å². The molecule has 0 N–H and O–H groups in total. The van der Waals surface area contributed by atoms with E-state index in [0.717, 1.165) is 12.0 Å². The Labute approximate surface area is 78.0 Å². The monoisotopic (exact) mass is 173 g/mol. The second kappa shape index (κ2) is 4.42. The lowest BCUT2D eigenvalue weighted by Crippen LogP contribution is -2.04. The fourth-order valence-electron chi connectivity index (χ4n) is 1.15. The number of carbonyl (C=O) groups is 1. The molecule has 0 spiro atoms. The summed E-state index contributed by atoms with van der Waals surface area (Å²) in [4.78, 5) is 15.4. The molecule has 0 aliphatic carbocycles. The molecule has 1 rings (SSSR count). The second-order valence-corrected chi connectivity index (χ2v) is 2.67. The van der Waals surface area contributed by atoms with Crippen molar-refractivity contribution in [3.63, 3.8) is 0 Å². The van der Waals surface area contributed by atoms with Crippen molar-refractivity contribution < 1.29 is 4.79 Å². The quantitative estimate of drug-likeness (QED) is 0.515. The Balaban J connectivity index is 3.00. The predicted octanol–water partition coefficient (Wildman–Crippen LogP) is 1.85. The van der Waals surface area contributed by atoms with Crippen molar-refractivity contribution in [3.05, 3.63) is 29.6 Å². The molecule has 0 aliphatic heterocycles. The van der Waals surface area contributed by atoms with Gasteiger partial charge in [0, 0.05) is 6.20 Å². The Kier molecular flexibility index (Phi) is 3.22. The summed E-state index contributed by atoms with van der Waals surface area (Å²) < 4.78 is 0. The number of terminal acetylenes is 1. The smallest absolute Gasteiger partial charge is 0.193 e. The van der Waals surface area contributed by atoms with Gasteiger partial charge in [0.1, 0.15) is 5.69 Å². The Hall–Kier alpha value is -1.62. The summed E-state index contributed by atoms with van der Waals surface area (Å²) in [7, 11) is 0. The van der Waals surface area contributed by atoms with E-state index < -0.39 is 0 Å². The van der Waals surface area contributed by atoms with E-state index in [2.05, 4.69) is 10.9 Å². The first-order chi connectivity index (χ1) is 6.29. The molecule has 13 heavy (non-hydrogen) atoms. The predicted molar refractivity (Wildman–Crippen MR) is 51.4 cm³/mol. The Morgan fingerprint density at radius 2 is 2.46 bits per heavy atom. The molecule has 0 amide bonds. The van der Waals surface area contributed by atoms with Crippen LogP contribution in [0.1, 0.15) is 29.4 Å². The van der Waals surface area contributed by atoms with E-state index in [1.807, 2.05) is 19.1 Å². The van der Waals surface area contributed by atoms with Crippen molar-refractivity contribution in [2.45, 2.75) is 19.8 Å². The molecule has 0 unspecified atom stereocenters. The highest BCUT2D eigenvalue weighted by molar-refractivity contribution is 5.96. The number of rotatable bonds is 3. The standard InChI is InChI=1S/C11H11NO/c1-3-6-10(13)11-9(4-2)7-5-8-12-11/h1,5,7-8H,4,6H2,2H3. The molecule has 0 bridgehead atoms. The molecule has 0 radical (unpaired) electrons. The van der Waals surface area contributed by atoms with Crippen LogP contribution in [0.15, 0.2) is 18.3 Å². The van der Waals surface area contributed by atoms with Crippen LogP contribution >= 0.6 is 0 Å². The van der Waals surface area contributed by atoms with Crippen LogP contribution in [0.25, 0.3) is 0 Å². The van der Waals surface area contributed by atoms with Gasteiger partial charge in [-0.2, -0.15) is 0 Å². The number of pyridine rings is 1. The summed E-state index contributed by atoms with van der Waals surface area (Å²) in [6.07, 6.45) is 7.61. The first-order valence-corrected chi connectivity index (χ1v) is 4.20. The zero-order valence-corrected chi connectivity index (χ0v) is 7.58. The summed E-state index contributed by atoms with van der Waals surface area (Å²) in [6.45, 7) is 1.99. The van der Waals surface area contributed by atoms with Gasteiger partial charge < -0.3 is 0 Å². The molecular formula is C11H11NO. The lowest BCUT2D eigenvalue weighted by atomic mass is 10.1. The van der Waals surface area contributed by atoms with Crippen molar-refractivity contribution in [2.75, 3.05) is 0 Å². The van der Waals surface area contributed by atoms with Crippen LogP contribution in [-0.2, 0) is 6.42 Å². The normalized spacial score (nSPS) is 9.23. The summed E-state index contributed by atoms with van der Waals surface area (Å²) in [6, 6.07) is 3.72. The Morgan fingerprint density at radius 3 is 3.08 bits per heavy atom.